The molecule has 4 nitrogen and oxygen atoms in total. The smallest absolute Gasteiger partial charge is 0.320 e. The molecule has 0 saturated heterocycles. The number of aliphatic hydroxyl groups is 1. The van der Waals surface area contributed by atoms with Crippen LogP contribution in [0.15, 0.2) is 0 Å². The summed E-state index contributed by atoms with van der Waals surface area (Å²) in [5, 5.41) is 20.6. The molecule has 0 spiro atoms. The van der Waals surface area contributed by atoms with Crippen molar-refractivity contribution in [3.8, 4) is 0 Å². The number of rotatable bonds is 13. The van der Waals surface area contributed by atoms with E-state index in [2.05, 4.69) is 12.2 Å². The number of unbranched alkanes of at least 4 members (excludes halogenated alkanes) is 7. The zero-order chi connectivity index (χ0) is 13.6. The number of aliphatic hydroxyl groups excluding tert-OH is 1. The Labute approximate surface area is 111 Å². The van der Waals surface area contributed by atoms with Crippen LogP contribution in [0.3, 0.4) is 0 Å². The quantitative estimate of drug-likeness (QED) is 0.445. The average Bonchev–Trinajstić information content (AvgIpc) is 2.35. The van der Waals surface area contributed by atoms with E-state index in [1.165, 1.54) is 38.5 Å². The van der Waals surface area contributed by atoms with Crippen molar-refractivity contribution < 1.29 is 15.0 Å². The van der Waals surface area contributed by atoms with E-state index in [0.717, 1.165) is 19.4 Å². The van der Waals surface area contributed by atoms with E-state index in [1.807, 2.05) is 0 Å². The van der Waals surface area contributed by atoms with Crippen molar-refractivity contribution in [2.45, 2.75) is 70.8 Å². The lowest BCUT2D eigenvalue weighted by atomic mass is 10.1. The highest BCUT2D eigenvalue weighted by atomic mass is 16.4. The standard InChI is InChI=1S/C14H29NO3/c1-2-3-4-5-6-7-8-9-11-15-13(10-12-16)14(17)18/h13,15-16H,2-12H2,1H3,(H,17,18)/t13-/m0/s1. The van der Waals surface area contributed by atoms with Crippen molar-refractivity contribution in [2.75, 3.05) is 13.2 Å². The molecule has 0 aliphatic heterocycles. The van der Waals surface area contributed by atoms with Gasteiger partial charge in [0.1, 0.15) is 6.04 Å². The van der Waals surface area contributed by atoms with Crippen LogP contribution in [-0.2, 0) is 4.79 Å². The van der Waals surface area contributed by atoms with Crippen molar-refractivity contribution >= 4 is 5.97 Å². The first kappa shape index (κ1) is 17.4. The predicted octanol–water partition coefficient (Wildman–Crippen LogP) is 2.55. The summed E-state index contributed by atoms with van der Waals surface area (Å²) in [5.41, 5.74) is 0. The van der Waals surface area contributed by atoms with Gasteiger partial charge in [0.2, 0.25) is 0 Å². The molecule has 0 unspecified atom stereocenters. The van der Waals surface area contributed by atoms with E-state index in [-0.39, 0.29) is 13.0 Å². The molecule has 0 aliphatic carbocycles. The molecule has 1 atom stereocenters. The molecule has 4 heteroatoms. The Morgan fingerprint density at radius 1 is 1.06 bits per heavy atom. The summed E-state index contributed by atoms with van der Waals surface area (Å²) in [6, 6.07) is -0.598. The molecule has 0 heterocycles. The van der Waals surface area contributed by atoms with Crippen molar-refractivity contribution in [3.63, 3.8) is 0 Å². The van der Waals surface area contributed by atoms with Gasteiger partial charge in [-0.15, -0.1) is 0 Å². The zero-order valence-electron chi connectivity index (χ0n) is 11.7. The molecule has 0 fully saturated rings. The molecule has 18 heavy (non-hydrogen) atoms. The lowest BCUT2D eigenvalue weighted by Gasteiger charge is -2.12. The molecule has 0 bridgehead atoms. The molecular weight excluding hydrogens is 230 g/mol. The number of carboxylic acids is 1. The molecule has 108 valence electrons. The summed E-state index contributed by atoms with van der Waals surface area (Å²) >= 11 is 0. The first-order chi connectivity index (χ1) is 8.72. The summed E-state index contributed by atoms with van der Waals surface area (Å²) in [4.78, 5) is 10.8. The lowest BCUT2D eigenvalue weighted by Crippen LogP contribution is -2.37. The summed E-state index contributed by atoms with van der Waals surface area (Å²) < 4.78 is 0. The number of aliphatic carboxylic acids is 1. The van der Waals surface area contributed by atoms with Crippen LogP contribution in [0.1, 0.15) is 64.7 Å². The Balaban J connectivity index is 3.30. The fourth-order valence-electron chi connectivity index (χ4n) is 1.98. The Morgan fingerprint density at radius 2 is 1.61 bits per heavy atom. The van der Waals surface area contributed by atoms with Gasteiger partial charge in [0, 0.05) is 6.61 Å². The van der Waals surface area contributed by atoms with Crippen molar-refractivity contribution in [1.29, 1.82) is 0 Å². The van der Waals surface area contributed by atoms with E-state index < -0.39 is 12.0 Å². The zero-order valence-corrected chi connectivity index (χ0v) is 11.7. The fourth-order valence-corrected chi connectivity index (χ4v) is 1.98. The Bertz CT molecular complexity index is 197. The monoisotopic (exact) mass is 259 g/mol. The van der Waals surface area contributed by atoms with E-state index >= 15 is 0 Å². The molecule has 0 aromatic carbocycles. The molecule has 0 radical (unpaired) electrons. The maximum absolute atomic E-state index is 10.8. The van der Waals surface area contributed by atoms with Crippen LogP contribution in [-0.4, -0.2) is 35.4 Å². The third-order valence-electron chi connectivity index (χ3n) is 3.14. The lowest BCUT2D eigenvalue weighted by molar-refractivity contribution is -0.139. The van der Waals surface area contributed by atoms with Crippen LogP contribution in [0.5, 0.6) is 0 Å². The van der Waals surface area contributed by atoms with Crippen molar-refractivity contribution in [1.82, 2.24) is 5.32 Å². The van der Waals surface area contributed by atoms with Gasteiger partial charge in [-0.05, 0) is 19.4 Å². The Hall–Kier alpha value is -0.610. The fraction of sp³-hybridized carbons (Fsp3) is 0.929. The molecule has 0 aromatic rings. The second kappa shape index (κ2) is 12.8. The highest BCUT2D eigenvalue weighted by Crippen LogP contribution is 2.08. The molecule has 0 aliphatic rings. The SMILES string of the molecule is CCCCCCCCCCN[C@@H](CCO)C(=O)O. The largest absolute Gasteiger partial charge is 0.480 e. The van der Waals surface area contributed by atoms with Crippen molar-refractivity contribution in [2.24, 2.45) is 0 Å². The van der Waals surface area contributed by atoms with E-state index in [4.69, 9.17) is 10.2 Å². The van der Waals surface area contributed by atoms with Crippen LogP contribution in [0.25, 0.3) is 0 Å². The minimum atomic E-state index is -0.872. The number of carbonyl (C=O) groups is 1. The van der Waals surface area contributed by atoms with Gasteiger partial charge < -0.3 is 15.5 Å². The first-order valence-electron chi connectivity index (χ1n) is 7.29. The average molecular weight is 259 g/mol. The second-order valence-corrected chi connectivity index (χ2v) is 4.83. The van der Waals surface area contributed by atoms with Gasteiger partial charge in [-0.3, -0.25) is 4.79 Å². The summed E-state index contributed by atoms with van der Waals surface area (Å²) in [6.45, 7) is 2.87. The number of hydrogen-bond acceptors (Lipinski definition) is 3. The highest BCUT2D eigenvalue weighted by molar-refractivity contribution is 5.73. The van der Waals surface area contributed by atoms with E-state index in [9.17, 15) is 4.79 Å². The van der Waals surface area contributed by atoms with Gasteiger partial charge in [-0.1, -0.05) is 51.9 Å². The molecule has 0 saturated carbocycles. The number of nitrogens with one attached hydrogen (secondary N) is 1. The maximum Gasteiger partial charge on any atom is 0.320 e. The normalized spacial score (nSPS) is 12.6. The number of hydrogen-bond donors (Lipinski definition) is 3. The van der Waals surface area contributed by atoms with Gasteiger partial charge in [-0.25, -0.2) is 0 Å². The highest BCUT2D eigenvalue weighted by Gasteiger charge is 2.14. The minimum absolute atomic E-state index is 0.0819. The van der Waals surface area contributed by atoms with Crippen LogP contribution < -0.4 is 5.32 Å². The minimum Gasteiger partial charge on any atom is -0.480 e. The second-order valence-electron chi connectivity index (χ2n) is 4.83. The van der Waals surface area contributed by atoms with Crippen LogP contribution in [0.4, 0.5) is 0 Å². The molecule has 0 rings (SSSR count). The molecule has 0 amide bonds. The maximum atomic E-state index is 10.8. The first-order valence-corrected chi connectivity index (χ1v) is 7.29. The number of carboxylic acid groups (broad SMARTS) is 1. The van der Waals surface area contributed by atoms with Gasteiger partial charge in [-0.2, -0.15) is 0 Å². The molecule has 0 aromatic heterocycles. The van der Waals surface area contributed by atoms with Gasteiger partial charge in [0.15, 0.2) is 0 Å². The van der Waals surface area contributed by atoms with E-state index in [1.54, 1.807) is 0 Å². The Kier molecular flexibility index (Phi) is 12.4. The van der Waals surface area contributed by atoms with Crippen LogP contribution >= 0.6 is 0 Å². The third-order valence-corrected chi connectivity index (χ3v) is 3.14. The van der Waals surface area contributed by atoms with Gasteiger partial charge >= 0.3 is 5.97 Å². The van der Waals surface area contributed by atoms with E-state index in [0.29, 0.717) is 0 Å². The Morgan fingerprint density at radius 3 is 2.11 bits per heavy atom. The predicted molar refractivity (Wildman–Crippen MR) is 73.7 cm³/mol. The van der Waals surface area contributed by atoms with Gasteiger partial charge in [0.25, 0.3) is 0 Å². The summed E-state index contributed by atoms with van der Waals surface area (Å²) in [5.74, 6) is -0.872. The topological polar surface area (TPSA) is 69.6 Å². The summed E-state index contributed by atoms with van der Waals surface area (Å²) in [7, 11) is 0. The van der Waals surface area contributed by atoms with Crippen molar-refractivity contribution in [3.05, 3.63) is 0 Å². The molecular formula is C14H29NO3. The third kappa shape index (κ3) is 10.5. The van der Waals surface area contributed by atoms with Gasteiger partial charge in [0.05, 0.1) is 0 Å². The van der Waals surface area contributed by atoms with Crippen LogP contribution in [0, 0.1) is 0 Å². The van der Waals surface area contributed by atoms with Crippen LogP contribution in [0.2, 0.25) is 0 Å². The molecule has 3 N–H and O–H groups in total. The summed E-state index contributed by atoms with van der Waals surface area (Å²) in [6.07, 6.45) is 10.3.